The first-order valence-electron chi connectivity index (χ1n) is 9.11. The summed E-state index contributed by atoms with van der Waals surface area (Å²) in [4.78, 5) is 40.2. The van der Waals surface area contributed by atoms with Crippen molar-refractivity contribution in [2.75, 3.05) is 10.6 Å². The molecular formula is C20H16N4O5S2. The Kier molecular flexibility index (Phi) is 5.61. The number of rotatable bonds is 5. The quantitative estimate of drug-likeness (QED) is 0.428. The number of anilines is 2. The predicted molar refractivity (Wildman–Crippen MR) is 117 cm³/mol. The van der Waals surface area contributed by atoms with Crippen molar-refractivity contribution < 1.29 is 19.2 Å². The molecule has 158 valence electrons. The Balaban J connectivity index is 1.55. The number of carbonyl (C=O) groups is 2. The second-order valence-electron chi connectivity index (χ2n) is 6.71. The first-order valence-corrected chi connectivity index (χ1v) is 10.8. The molecule has 3 aromatic rings. The molecule has 0 fully saturated rings. The summed E-state index contributed by atoms with van der Waals surface area (Å²) in [6.45, 7) is 3.49. The van der Waals surface area contributed by atoms with Crippen LogP contribution in [0.25, 0.3) is 0 Å². The third kappa shape index (κ3) is 4.52. The maximum Gasteiger partial charge on any atom is 0.284 e. The number of ether oxygens (including phenoxy) is 1. The number of thiazole rings is 1. The molecule has 2 N–H and O–H groups in total. The van der Waals surface area contributed by atoms with Gasteiger partial charge in [0.1, 0.15) is 5.75 Å². The van der Waals surface area contributed by atoms with E-state index < -0.39 is 16.9 Å². The minimum atomic E-state index is -0.599. The van der Waals surface area contributed by atoms with Gasteiger partial charge in [-0.05, 0) is 44.2 Å². The molecule has 2 aromatic carbocycles. The normalized spacial score (nSPS) is 14.9. The van der Waals surface area contributed by atoms with E-state index in [4.69, 9.17) is 4.74 Å². The molecule has 2 heterocycles. The van der Waals surface area contributed by atoms with E-state index in [-0.39, 0.29) is 17.2 Å². The first kappa shape index (κ1) is 20.8. The maximum atomic E-state index is 12.7. The minimum Gasteiger partial charge on any atom is -0.479 e. The van der Waals surface area contributed by atoms with Gasteiger partial charge < -0.3 is 15.4 Å². The summed E-state index contributed by atoms with van der Waals surface area (Å²) in [6, 6.07) is 9.14. The summed E-state index contributed by atoms with van der Waals surface area (Å²) >= 11 is 2.58. The van der Waals surface area contributed by atoms with Gasteiger partial charge in [0.05, 0.1) is 15.5 Å². The van der Waals surface area contributed by atoms with Crippen molar-refractivity contribution in [1.29, 1.82) is 0 Å². The van der Waals surface area contributed by atoms with Crippen LogP contribution in [0.15, 0.2) is 51.0 Å². The van der Waals surface area contributed by atoms with Crippen LogP contribution in [0.3, 0.4) is 0 Å². The van der Waals surface area contributed by atoms with Crippen LogP contribution in [0.1, 0.15) is 23.0 Å². The van der Waals surface area contributed by atoms with Crippen LogP contribution in [-0.2, 0) is 4.79 Å². The van der Waals surface area contributed by atoms with Crippen LogP contribution in [0.5, 0.6) is 5.75 Å². The van der Waals surface area contributed by atoms with E-state index in [1.165, 1.54) is 41.3 Å². The van der Waals surface area contributed by atoms with Crippen molar-refractivity contribution in [2.24, 2.45) is 0 Å². The van der Waals surface area contributed by atoms with E-state index >= 15 is 0 Å². The fraction of sp³-hybridized carbons (Fsp3) is 0.150. The van der Waals surface area contributed by atoms with E-state index in [1.54, 1.807) is 25.1 Å². The molecule has 0 radical (unpaired) electrons. The van der Waals surface area contributed by atoms with Gasteiger partial charge in [0, 0.05) is 28.4 Å². The lowest BCUT2D eigenvalue weighted by atomic mass is 10.1. The number of hydrogen-bond donors (Lipinski definition) is 2. The van der Waals surface area contributed by atoms with Crippen LogP contribution < -0.4 is 15.4 Å². The van der Waals surface area contributed by atoms with Crippen molar-refractivity contribution in [3.05, 3.63) is 63.1 Å². The zero-order valence-corrected chi connectivity index (χ0v) is 18.0. The zero-order chi connectivity index (χ0) is 22.1. The number of benzene rings is 2. The van der Waals surface area contributed by atoms with Crippen molar-refractivity contribution in [3.63, 3.8) is 0 Å². The summed E-state index contributed by atoms with van der Waals surface area (Å²) < 4.78 is 6.17. The summed E-state index contributed by atoms with van der Waals surface area (Å²) in [5.41, 5.74) is 1.66. The van der Waals surface area contributed by atoms with E-state index in [2.05, 4.69) is 15.6 Å². The van der Waals surface area contributed by atoms with Gasteiger partial charge in [0.15, 0.2) is 10.4 Å². The van der Waals surface area contributed by atoms with Crippen LogP contribution in [0.2, 0.25) is 0 Å². The molecule has 2 amide bonds. The fourth-order valence-corrected chi connectivity index (χ4v) is 4.73. The molecule has 0 spiro atoms. The van der Waals surface area contributed by atoms with Crippen LogP contribution >= 0.6 is 23.1 Å². The van der Waals surface area contributed by atoms with Gasteiger partial charge in [-0.25, -0.2) is 4.98 Å². The Morgan fingerprint density at radius 2 is 2.13 bits per heavy atom. The van der Waals surface area contributed by atoms with Gasteiger partial charge in [-0.15, -0.1) is 11.3 Å². The highest BCUT2D eigenvalue weighted by molar-refractivity contribution is 8.01. The lowest BCUT2D eigenvalue weighted by Crippen LogP contribution is -2.34. The number of nitro groups is 1. The number of fused-ring (bicyclic) bond motifs is 1. The van der Waals surface area contributed by atoms with Gasteiger partial charge in [-0.2, -0.15) is 0 Å². The molecule has 11 heteroatoms. The van der Waals surface area contributed by atoms with E-state index in [1.807, 2.05) is 12.3 Å². The molecule has 31 heavy (non-hydrogen) atoms. The molecular weight excluding hydrogens is 440 g/mol. The summed E-state index contributed by atoms with van der Waals surface area (Å²) in [6.07, 6.45) is -0.599. The van der Waals surface area contributed by atoms with Gasteiger partial charge in [0.25, 0.3) is 17.5 Å². The Morgan fingerprint density at radius 1 is 1.32 bits per heavy atom. The third-order valence-electron chi connectivity index (χ3n) is 4.38. The Morgan fingerprint density at radius 3 is 2.84 bits per heavy atom. The molecule has 9 nitrogen and oxygen atoms in total. The molecule has 1 aliphatic heterocycles. The molecule has 0 saturated carbocycles. The molecule has 1 aromatic heterocycles. The van der Waals surface area contributed by atoms with Gasteiger partial charge in [-0.1, -0.05) is 11.8 Å². The molecule has 0 saturated heterocycles. The number of aryl methyl sites for hydroxylation is 1. The predicted octanol–water partition coefficient (Wildman–Crippen LogP) is 4.48. The molecule has 0 bridgehead atoms. The second kappa shape index (κ2) is 8.36. The molecule has 1 atom stereocenters. The number of nitrogens with one attached hydrogen (secondary N) is 2. The number of nitrogens with zero attached hydrogens (tertiary/aromatic N) is 2. The zero-order valence-electron chi connectivity index (χ0n) is 16.4. The monoisotopic (exact) mass is 456 g/mol. The topological polar surface area (TPSA) is 123 Å². The number of hydrogen-bond acceptors (Lipinski definition) is 8. The number of aromatic nitrogens is 1. The van der Waals surface area contributed by atoms with Crippen molar-refractivity contribution in [3.8, 4) is 5.75 Å². The summed E-state index contributed by atoms with van der Waals surface area (Å²) in [5.74, 6) is -0.296. The lowest BCUT2D eigenvalue weighted by molar-refractivity contribution is -0.387. The van der Waals surface area contributed by atoms with Crippen molar-refractivity contribution in [1.82, 2.24) is 4.98 Å². The Hall–Kier alpha value is -3.44. The van der Waals surface area contributed by atoms with E-state index in [0.29, 0.717) is 26.4 Å². The minimum absolute atomic E-state index is 0.137. The molecule has 1 unspecified atom stereocenters. The average Bonchev–Trinajstić information content (AvgIpc) is 3.13. The molecule has 1 aliphatic rings. The first-order chi connectivity index (χ1) is 14.8. The standard InChI is InChI=1S/C20H16N4O5S2/c1-10-9-30-20(21-10)31-17-6-3-12(7-15(17)24(27)28)19(26)22-13-4-5-16-14(8-13)23-18(25)11(2)29-16/h3-9,11H,1-2H3,(H,22,26)(H,23,25). The largest absolute Gasteiger partial charge is 0.479 e. The van der Waals surface area contributed by atoms with Gasteiger partial charge in [0.2, 0.25) is 0 Å². The number of nitro benzene ring substituents is 1. The van der Waals surface area contributed by atoms with Crippen molar-refractivity contribution in [2.45, 2.75) is 29.2 Å². The second-order valence-corrected chi connectivity index (χ2v) is 8.86. The highest BCUT2D eigenvalue weighted by atomic mass is 32.2. The van der Waals surface area contributed by atoms with Crippen LogP contribution in [-0.4, -0.2) is 27.8 Å². The smallest absolute Gasteiger partial charge is 0.284 e. The van der Waals surface area contributed by atoms with Crippen LogP contribution in [0.4, 0.5) is 17.1 Å². The fourth-order valence-electron chi connectivity index (χ4n) is 2.85. The van der Waals surface area contributed by atoms with Crippen LogP contribution in [0, 0.1) is 17.0 Å². The lowest BCUT2D eigenvalue weighted by Gasteiger charge is -2.23. The molecule has 0 aliphatic carbocycles. The van der Waals surface area contributed by atoms with Gasteiger partial charge >= 0.3 is 0 Å². The SMILES string of the molecule is Cc1csc(Sc2ccc(C(=O)Nc3ccc4c(c3)NC(=O)C(C)O4)cc2[N+](=O)[O-])n1. The van der Waals surface area contributed by atoms with Crippen molar-refractivity contribution >= 4 is 52.0 Å². The summed E-state index contributed by atoms with van der Waals surface area (Å²) in [7, 11) is 0. The highest BCUT2D eigenvalue weighted by Gasteiger charge is 2.24. The average molecular weight is 457 g/mol. The third-order valence-corrected chi connectivity index (χ3v) is 6.50. The maximum absolute atomic E-state index is 12.7. The van der Waals surface area contributed by atoms with E-state index in [0.717, 1.165) is 5.69 Å². The number of carbonyl (C=O) groups excluding carboxylic acids is 2. The Labute approximate surface area is 185 Å². The summed E-state index contributed by atoms with van der Waals surface area (Å²) in [5, 5.41) is 18.8. The Bertz CT molecular complexity index is 1210. The van der Waals surface area contributed by atoms with Gasteiger partial charge in [-0.3, -0.25) is 19.7 Å². The highest BCUT2D eigenvalue weighted by Crippen LogP contribution is 2.37. The van der Waals surface area contributed by atoms with E-state index in [9.17, 15) is 19.7 Å². The number of amides is 2. The molecule has 4 rings (SSSR count).